The molecule has 1 fully saturated rings. The standard InChI is InChI=1S/C19H23F2N3O2/c1-13-22-9-12-23(13)11-8-14-5-3-4-10-24(14)19(25)17-16(26-2)7-6-15(20)18(17)21/h6-7,9,12,14H,3-5,8,10-11H2,1-2H3. The molecule has 0 radical (unpaired) electrons. The van der Waals surface area contributed by atoms with Crippen LogP contribution in [0.4, 0.5) is 8.78 Å². The number of hydrogen-bond donors (Lipinski definition) is 0. The van der Waals surface area contributed by atoms with Gasteiger partial charge in [-0.3, -0.25) is 4.79 Å². The van der Waals surface area contributed by atoms with Crippen LogP contribution in [0.1, 0.15) is 41.9 Å². The molecule has 1 amide bonds. The van der Waals surface area contributed by atoms with Gasteiger partial charge in [0.2, 0.25) is 0 Å². The first-order valence-electron chi connectivity index (χ1n) is 8.83. The summed E-state index contributed by atoms with van der Waals surface area (Å²) in [6, 6.07) is 2.24. The van der Waals surface area contributed by atoms with E-state index in [0.29, 0.717) is 6.54 Å². The predicted molar refractivity (Wildman–Crippen MR) is 93.2 cm³/mol. The Balaban J connectivity index is 1.82. The topological polar surface area (TPSA) is 47.4 Å². The van der Waals surface area contributed by atoms with Crippen LogP contribution in [0.15, 0.2) is 24.5 Å². The summed E-state index contributed by atoms with van der Waals surface area (Å²) < 4.78 is 35.1. The maximum atomic E-state index is 14.3. The van der Waals surface area contributed by atoms with Gasteiger partial charge in [0.15, 0.2) is 11.6 Å². The number of piperidine rings is 1. The number of rotatable bonds is 5. The third kappa shape index (κ3) is 3.57. The molecule has 7 heteroatoms. The van der Waals surface area contributed by atoms with Gasteiger partial charge >= 0.3 is 0 Å². The zero-order valence-corrected chi connectivity index (χ0v) is 15.0. The van der Waals surface area contributed by atoms with Gasteiger partial charge in [0, 0.05) is 31.5 Å². The number of amides is 1. The molecule has 0 N–H and O–H groups in total. The Labute approximate surface area is 151 Å². The molecule has 1 unspecified atom stereocenters. The number of benzene rings is 1. The van der Waals surface area contributed by atoms with E-state index in [1.54, 1.807) is 11.1 Å². The molecule has 0 spiro atoms. The second-order valence-corrected chi connectivity index (χ2v) is 6.54. The molecule has 140 valence electrons. The number of nitrogens with zero attached hydrogens (tertiary/aromatic N) is 3. The van der Waals surface area contributed by atoms with Gasteiger partial charge in [0.05, 0.1) is 7.11 Å². The molecule has 3 rings (SSSR count). The van der Waals surface area contributed by atoms with E-state index >= 15 is 0 Å². The number of carbonyl (C=O) groups excluding carboxylic acids is 1. The monoisotopic (exact) mass is 363 g/mol. The number of ether oxygens (including phenoxy) is 1. The van der Waals surface area contributed by atoms with E-state index in [4.69, 9.17) is 4.74 Å². The van der Waals surface area contributed by atoms with E-state index in [2.05, 4.69) is 4.98 Å². The molecule has 0 bridgehead atoms. The lowest BCUT2D eigenvalue weighted by atomic mass is 9.97. The molecule has 1 atom stereocenters. The van der Waals surface area contributed by atoms with Gasteiger partial charge in [-0.25, -0.2) is 13.8 Å². The normalized spacial score (nSPS) is 17.4. The highest BCUT2D eigenvalue weighted by molar-refractivity contribution is 5.97. The molecule has 1 aliphatic heterocycles. The molecule has 2 aromatic rings. The van der Waals surface area contributed by atoms with Crippen LogP contribution >= 0.6 is 0 Å². The van der Waals surface area contributed by atoms with Crippen molar-refractivity contribution in [2.45, 2.75) is 45.2 Å². The summed E-state index contributed by atoms with van der Waals surface area (Å²) in [6.45, 7) is 3.19. The van der Waals surface area contributed by atoms with Crippen molar-refractivity contribution >= 4 is 5.91 Å². The van der Waals surface area contributed by atoms with Crippen LogP contribution in [0, 0.1) is 18.6 Å². The van der Waals surface area contributed by atoms with Crippen molar-refractivity contribution in [3.8, 4) is 5.75 Å². The van der Waals surface area contributed by atoms with Crippen LogP contribution in [0.3, 0.4) is 0 Å². The second-order valence-electron chi connectivity index (χ2n) is 6.54. The van der Waals surface area contributed by atoms with E-state index in [0.717, 1.165) is 44.1 Å². The van der Waals surface area contributed by atoms with Gasteiger partial charge in [-0.1, -0.05) is 0 Å². The van der Waals surface area contributed by atoms with Crippen molar-refractivity contribution in [3.05, 3.63) is 47.5 Å². The zero-order chi connectivity index (χ0) is 18.7. The van der Waals surface area contributed by atoms with Crippen molar-refractivity contribution in [2.75, 3.05) is 13.7 Å². The number of imidazole rings is 1. The van der Waals surface area contributed by atoms with Crippen LogP contribution < -0.4 is 4.74 Å². The lowest BCUT2D eigenvalue weighted by Crippen LogP contribution is -2.44. The van der Waals surface area contributed by atoms with Crippen LogP contribution in [0.2, 0.25) is 0 Å². The van der Waals surface area contributed by atoms with Crippen molar-refractivity contribution in [1.29, 1.82) is 0 Å². The number of carbonyl (C=O) groups is 1. The highest BCUT2D eigenvalue weighted by Gasteiger charge is 2.32. The highest BCUT2D eigenvalue weighted by Crippen LogP contribution is 2.29. The van der Waals surface area contributed by atoms with Gasteiger partial charge in [-0.05, 0) is 44.7 Å². The average Bonchev–Trinajstić information content (AvgIpc) is 3.06. The molecule has 0 aliphatic carbocycles. The van der Waals surface area contributed by atoms with Crippen LogP contribution in [-0.4, -0.2) is 40.1 Å². The maximum absolute atomic E-state index is 14.3. The minimum Gasteiger partial charge on any atom is -0.496 e. The minimum atomic E-state index is -1.15. The van der Waals surface area contributed by atoms with Gasteiger partial charge in [0.1, 0.15) is 17.1 Å². The quantitative estimate of drug-likeness (QED) is 0.816. The summed E-state index contributed by atoms with van der Waals surface area (Å²) in [5.41, 5.74) is -0.321. The second kappa shape index (κ2) is 7.85. The molecular formula is C19H23F2N3O2. The first-order chi connectivity index (χ1) is 12.5. The van der Waals surface area contributed by atoms with E-state index in [-0.39, 0.29) is 17.4 Å². The number of methoxy groups -OCH3 is 1. The number of aryl methyl sites for hydroxylation is 2. The lowest BCUT2D eigenvalue weighted by molar-refractivity contribution is 0.0585. The number of likely N-dealkylation sites (tertiary alicyclic amines) is 1. The summed E-state index contributed by atoms with van der Waals surface area (Å²) in [5.74, 6) is -1.73. The van der Waals surface area contributed by atoms with Gasteiger partial charge < -0.3 is 14.2 Å². The first kappa shape index (κ1) is 18.4. The highest BCUT2D eigenvalue weighted by atomic mass is 19.2. The summed E-state index contributed by atoms with van der Waals surface area (Å²) in [7, 11) is 1.35. The fourth-order valence-corrected chi connectivity index (χ4v) is 3.54. The Morgan fingerprint density at radius 1 is 1.35 bits per heavy atom. The van der Waals surface area contributed by atoms with E-state index in [1.165, 1.54) is 13.2 Å². The summed E-state index contributed by atoms with van der Waals surface area (Å²) in [5, 5.41) is 0. The Hall–Kier alpha value is -2.44. The maximum Gasteiger partial charge on any atom is 0.260 e. The summed E-state index contributed by atoms with van der Waals surface area (Å²) in [4.78, 5) is 18.9. The fraction of sp³-hybridized carbons (Fsp3) is 0.474. The molecule has 5 nitrogen and oxygen atoms in total. The summed E-state index contributed by atoms with van der Waals surface area (Å²) in [6.07, 6.45) is 7.10. The molecule has 1 saturated heterocycles. The van der Waals surface area contributed by atoms with Gasteiger partial charge in [0.25, 0.3) is 5.91 Å². The van der Waals surface area contributed by atoms with Crippen molar-refractivity contribution in [1.82, 2.24) is 14.5 Å². The number of aromatic nitrogens is 2. The smallest absolute Gasteiger partial charge is 0.260 e. The lowest BCUT2D eigenvalue weighted by Gasteiger charge is -2.36. The van der Waals surface area contributed by atoms with Gasteiger partial charge in [-0.15, -0.1) is 0 Å². The SMILES string of the molecule is COc1ccc(F)c(F)c1C(=O)N1CCCCC1CCn1ccnc1C. The van der Waals surface area contributed by atoms with E-state index in [1.807, 2.05) is 17.7 Å². The molecular weight excluding hydrogens is 340 g/mol. The first-order valence-corrected chi connectivity index (χ1v) is 8.83. The molecule has 1 aromatic heterocycles. The average molecular weight is 363 g/mol. The van der Waals surface area contributed by atoms with Crippen molar-refractivity contribution in [3.63, 3.8) is 0 Å². The van der Waals surface area contributed by atoms with E-state index < -0.39 is 17.5 Å². The minimum absolute atomic E-state index is 0.0228. The summed E-state index contributed by atoms with van der Waals surface area (Å²) >= 11 is 0. The fourth-order valence-electron chi connectivity index (χ4n) is 3.54. The number of halogens is 2. The Morgan fingerprint density at radius 2 is 2.15 bits per heavy atom. The van der Waals surface area contributed by atoms with Crippen molar-refractivity contribution in [2.24, 2.45) is 0 Å². The third-order valence-electron chi connectivity index (χ3n) is 5.01. The molecule has 1 aromatic carbocycles. The predicted octanol–water partition coefficient (Wildman–Crippen LogP) is 3.56. The third-order valence-corrected chi connectivity index (χ3v) is 5.01. The molecule has 2 heterocycles. The molecule has 26 heavy (non-hydrogen) atoms. The van der Waals surface area contributed by atoms with E-state index in [9.17, 15) is 13.6 Å². The van der Waals surface area contributed by atoms with Gasteiger partial charge in [-0.2, -0.15) is 0 Å². The van der Waals surface area contributed by atoms with Crippen LogP contribution in [0.5, 0.6) is 5.75 Å². The van der Waals surface area contributed by atoms with Crippen LogP contribution in [-0.2, 0) is 6.54 Å². The Bertz CT molecular complexity index is 791. The Morgan fingerprint density at radius 3 is 2.85 bits per heavy atom. The largest absolute Gasteiger partial charge is 0.496 e. The zero-order valence-electron chi connectivity index (χ0n) is 15.0. The van der Waals surface area contributed by atoms with Crippen LogP contribution in [0.25, 0.3) is 0 Å². The Kier molecular flexibility index (Phi) is 5.54. The molecule has 0 saturated carbocycles. The molecule has 1 aliphatic rings. The number of hydrogen-bond acceptors (Lipinski definition) is 3. The van der Waals surface area contributed by atoms with Crippen molar-refractivity contribution < 1.29 is 18.3 Å².